The molecule has 0 radical (unpaired) electrons. The molecule has 1 N–H and O–H groups in total. The molecule has 3 heterocycles. The van der Waals surface area contributed by atoms with Gasteiger partial charge in [-0.15, -0.1) is 0 Å². The SMILES string of the molecule is CC1OCC(=O)C2=C1NC1=C(C(=O)OC1)C2c1ccc(F)c(Br)c1. The minimum atomic E-state index is -0.581. The summed E-state index contributed by atoms with van der Waals surface area (Å²) >= 11 is 3.17. The number of ether oxygens (including phenoxy) is 2. The summed E-state index contributed by atoms with van der Waals surface area (Å²) in [6.45, 7) is 1.93. The molecule has 7 heteroatoms. The Morgan fingerprint density at radius 3 is 2.79 bits per heavy atom. The topological polar surface area (TPSA) is 64.6 Å². The molecule has 3 aliphatic heterocycles. The van der Waals surface area contributed by atoms with E-state index in [9.17, 15) is 14.0 Å². The summed E-state index contributed by atoms with van der Waals surface area (Å²) in [5.41, 5.74) is 2.84. The van der Waals surface area contributed by atoms with E-state index >= 15 is 0 Å². The van der Waals surface area contributed by atoms with E-state index in [1.165, 1.54) is 6.07 Å². The van der Waals surface area contributed by atoms with Crippen molar-refractivity contribution in [2.45, 2.75) is 18.9 Å². The van der Waals surface area contributed by atoms with Crippen LogP contribution in [0.4, 0.5) is 4.39 Å². The maximum Gasteiger partial charge on any atom is 0.337 e. The molecule has 124 valence electrons. The zero-order valence-electron chi connectivity index (χ0n) is 12.7. The lowest BCUT2D eigenvalue weighted by atomic mass is 9.77. The molecule has 0 spiro atoms. The van der Waals surface area contributed by atoms with E-state index in [0.717, 1.165) is 0 Å². The highest BCUT2D eigenvalue weighted by atomic mass is 79.9. The number of carbonyl (C=O) groups excluding carboxylic acids is 2. The second kappa shape index (κ2) is 5.53. The van der Waals surface area contributed by atoms with Crippen LogP contribution in [-0.4, -0.2) is 31.1 Å². The van der Waals surface area contributed by atoms with Gasteiger partial charge in [0.1, 0.15) is 19.0 Å². The van der Waals surface area contributed by atoms with E-state index in [2.05, 4.69) is 21.2 Å². The number of ketones is 1. The second-order valence-corrected chi connectivity index (χ2v) is 6.76. The fraction of sp³-hybridized carbons (Fsp3) is 0.294. The number of halogens is 2. The van der Waals surface area contributed by atoms with Crippen LogP contribution < -0.4 is 5.32 Å². The van der Waals surface area contributed by atoms with E-state index in [-0.39, 0.29) is 29.6 Å². The Labute approximate surface area is 145 Å². The third kappa shape index (κ3) is 2.22. The van der Waals surface area contributed by atoms with Crippen molar-refractivity contribution in [3.63, 3.8) is 0 Å². The Kier molecular flexibility index (Phi) is 3.58. The van der Waals surface area contributed by atoms with Crippen LogP contribution >= 0.6 is 15.9 Å². The number of hydrogen-bond acceptors (Lipinski definition) is 5. The van der Waals surface area contributed by atoms with E-state index in [4.69, 9.17) is 9.47 Å². The first kappa shape index (κ1) is 15.5. The van der Waals surface area contributed by atoms with Gasteiger partial charge in [-0.25, -0.2) is 9.18 Å². The Morgan fingerprint density at radius 2 is 2.04 bits per heavy atom. The highest BCUT2D eigenvalue weighted by Crippen LogP contribution is 2.44. The van der Waals surface area contributed by atoms with E-state index in [0.29, 0.717) is 28.1 Å². The summed E-state index contributed by atoms with van der Waals surface area (Å²) in [5, 5.41) is 3.14. The van der Waals surface area contributed by atoms with Crippen molar-refractivity contribution >= 4 is 27.7 Å². The average molecular weight is 394 g/mol. The first-order valence-corrected chi connectivity index (χ1v) is 8.27. The summed E-state index contributed by atoms with van der Waals surface area (Å²) in [6.07, 6.45) is -0.297. The number of cyclic esters (lactones) is 1. The molecule has 5 nitrogen and oxygen atoms in total. The molecule has 0 saturated heterocycles. The Hall–Kier alpha value is -1.99. The summed E-state index contributed by atoms with van der Waals surface area (Å²) in [6, 6.07) is 4.50. The zero-order chi connectivity index (χ0) is 17.0. The van der Waals surface area contributed by atoms with E-state index in [1.807, 2.05) is 6.92 Å². The van der Waals surface area contributed by atoms with Crippen LogP contribution in [-0.2, 0) is 19.1 Å². The van der Waals surface area contributed by atoms with Crippen LogP contribution in [0.2, 0.25) is 0 Å². The smallest absolute Gasteiger partial charge is 0.337 e. The molecule has 3 aliphatic rings. The molecule has 1 aromatic carbocycles. The Balaban J connectivity index is 1.93. The molecule has 0 aromatic heterocycles. The molecule has 0 aliphatic carbocycles. The average Bonchev–Trinajstić information content (AvgIpc) is 2.93. The fourth-order valence-electron chi connectivity index (χ4n) is 3.36. The number of hydrogen-bond donors (Lipinski definition) is 1. The largest absolute Gasteiger partial charge is 0.456 e. The summed E-state index contributed by atoms with van der Waals surface area (Å²) in [4.78, 5) is 24.8. The van der Waals surface area contributed by atoms with Crippen molar-refractivity contribution in [3.8, 4) is 0 Å². The first-order valence-electron chi connectivity index (χ1n) is 7.48. The van der Waals surface area contributed by atoms with Crippen molar-refractivity contribution in [2.24, 2.45) is 0 Å². The predicted molar refractivity (Wildman–Crippen MR) is 85.4 cm³/mol. The molecule has 1 aromatic rings. The fourth-order valence-corrected chi connectivity index (χ4v) is 3.76. The molecule has 0 fully saturated rings. The summed E-state index contributed by atoms with van der Waals surface area (Å²) in [5.74, 6) is -1.63. The van der Waals surface area contributed by atoms with Gasteiger partial charge in [0.2, 0.25) is 0 Å². The number of Topliss-reactive ketones (excluding diaryl/α,β-unsaturated/α-hetero) is 1. The third-order valence-corrected chi connectivity index (χ3v) is 5.10. The highest BCUT2D eigenvalue weighted by Gasteiger charge is 2.44. The number of rotatable bonds is 1. The molecule has 4 rings (SSSR count). The summed E-state index contributed by atoms with van der Waals surface area (Å²) in [7, 11) is 0. The number of nitrogens with one attached hydrogen (secondary N) is 1. The molecule has 0 saturated carbocycles. The maximum atomic E-state index is 13.6. The van der Waals surface area contributed by atoms with Crippen LogP contribution in [0.15, 0.2) is 45.2 Å². The van der Waals surface area contributed by atoms with Crippen molar-refractivity contribution in [3.05, 3.63) is 56.6 Å². The summed E-state index contributed by atoms with van der Waals surface area (Å²) < 4.78 is 24.5. The van der Waals surface area contributed by atoms with Crippen LogP contribution in [0.3, 0.4) is 0 Å². The van der Waals surface area contributed by atoms with Gasteiger partial charge in [0, 0.05) is 11.5 Å². The van der Waals surface area contributed by atoms with Gasteiger partial charge in [-0.3, -0.25) is 4.79 Å². The van der Waals surface area contributed by atoms with Gasteiger partial charge in [-0.2, -0.15) is 0 Å². The lowest BCUT2D eigenvalue weighted by molar-refractivity contribution is -0.136. The van der Waals surface area contributed by atoms with Gasteiger partial charge in [0.05, 0.1) is 27.5 Å². The molecule has 24 heavy (non-hydrogen) atoms. The van der Waals surface area contributed by atoms with Gasteiger partial charge in [0.25, 0.3) is 0 Å². The van der Waals surface area contributed by atoms with Crippen molar-refractivity contribution < 1.29 is 23.5 Å². The quantitative estimate of drug-likeness (QED) is 0.741. The Bertz CT molecular complexity index is 845. The van der Waals surface area contributed by atoms with Crippen LogP contribution in [0.5, 0.6) is 0 Å². The van der Waals surface area contributed by atoms with Gasteiger partial charge < -0.3 is 14.8 Å². The highest BCUT2D eigenvalue weighted by molar-refractivity contribution is 9.10. The number of dihydropyridines is 1. The maximum absolute atomic E-state index is 13.6. The van der Waals surface area contributed by atoms with Crippen LogP contribution in [0.25, 0.3) is 0 Å². The molecule has 2 unspecified atom stereocenters. The van der Waals surface area contributed by atoms with Gasteiger partial charge in [0.15, 0.2) is 5.78 Å². The Morgan fingerprint density at radius 1 is 1.25 bits per heavy atom. The molecular formula is C17H13BrFNO4. The molecular weight excluding hydrogens is 381 g/mol. The zero-order valence-corrected chi connectivity index (χ0v) is 14.3. The molecule has 2 atom stereocenters. The van der Waals surface area contributed by atoms with Gasteiger partial charge >= 0.3 is 5.97 Å². The van der Waals surface area contributed by atoms with Crippen molar-refractivity contribution in [2.75, 3.05) is 13.2 Å². The number of carbonyl (C=O) groups is 2. The minimum Gasteiger partial charge on any atom is -0.456 e. The minimum absolute atomic E-state index is 0.0434. The third-order valence-electron chi connectivity index (χ3n) is 4.49. The molecule has 0 amide bonds. The first-order chi connectivity index (χ1) is 11.5. The number of benzene rings is 1. The normalized spacial score (nSPS) is 26.1. The van der Waals surface area contributed by atoms with E-state index in [1.54, 1.807) is 12.1 Å². The number of esters is 1. The van der Waals surface area contributed by atoms with E-state index < -0.39 is 17.7 Å². The van der Waals surface area contributed by atoms with Crippen LogP contribution in [0, 0.1) is 5.82 Å². The van der Waals surface area contributed by atoms with Crippen molar-refractivity contribution in [1.82, 2.24) is 5.32 Å². The lowest BCUT2D eigenvalue weighted by Crippen LogP contribution is -2.40. The predicted octanol–water partition coefficient (Wildman–Crippen LogP) is 2.33. The van der Waals surface area contributed by atoms with Gasteiger partial charge in [-0.05, 0) is 40.5 Å². The van der Waals surface area contributed by atoms with Crippen molar-refractivity contribution in [1.29, 1.82) is 0 Å². The monoisotopic (exact) mass is 393 g/mol. The van der Waals surface area contributed by atoms with Gasteiger partial charge in [-0.1, -0.05) is 6.07 Å². The second-order valence-electron chi connectivity index (χ2n) is 5.90. The molecule has 0 bridgehead atoms. The van der Waals surface area contributed by atoms with Crippen LogP contribution in [0.1, 0.15) is 18.4 Å². The standard InChI is InChI=1S/C17H13BrFNO4/c1-7-16-15(12(21)6-23-7)13(8-2-3-10(19)9(18)4-8)14-11(20-16)5-24-17(14)22/h2-4,7,13,20H,5-6H2,1H3. The lowest BCUT2D eigenvalue weighted by Gasteiger charge is -2.34.